The highest BCUT2D eigenvalue weighted by molar-refractivity contribution is 7.92. The lowest BCUT2D eigenvalue weighted by Crippen LogP contribution is -2.28. The van der Waals surface area contributed by atoms with Crippen LogP contribution in [-0.2, 0) is 19.6 Å². The molecule has 9 heteroatoms. The molecule has 1 fully saturated rings. The molecular formula is C20H22ClN3O4S. The maximum atomic E-state index is 12.8. The van der Waals surface area contributed by atoms with Gasteiger partial charge in [-0.15, -0.1) is 0 Å². The van der Waals surface area contributed by atoms with Gasteiger partial charge in [0, 0.05) is 42.3 Å². The van der Waals surface area contributed by atoms with Crippen LogP contribution in [0.5, 0.6) is 0 Å². The predicted molar refractivity (Wildman–Crippen MR) is 113 cm³/mol. The van der Waals surface area contributed by atoms with Gasteiger partial charge in [-0.05, 0) is 55.3 Å². The van der Waals surface area contributed by atoms with Crippen LogP contribution in [0.3, 0.4) is 0 Å². The highest BCUT2D eigenvalue weighted by Crippen LogP contribution is 2.24. The second kappa shape index (κ2) is 8.84. The molecule has 2 aromatic carbocycles. The number of amides is 2. The summed E-state index contributed by atoms with van der Waals surface area (Å²) in [5.74, 6) is -0.211. The van der Waals surface area contributed by atoms with Gasteiger partial charge in [0.15, 0.2) is 0 Å². The van der Waals surface area contributed by atoms with Crippen molar-refractivity contribution >= 4 is 44.8 Å². The summed E-state index contributed by atoms with van der Waals surface area (Å²) in [6, 6.07) is 11.0. The monoisotopic (exact) mass is 435 g/mol. The second-order valence-electron chi connectivity index (χ2n) is 6.88. The zero-order valence-electron chi connectivity index (χ0n) is 15.9. The van der Waals surface area contributed by atoms with Crippen LogP contribution in [0.2, 0.25) is 5.02 Å². The molecule has 0 spiro atoms. The molecule has 1 aliphatic heterocycles. The highest BCUT2D eigenvalue weighted by Gasteiger charge is 2.21. The Bertz CT molecular complexity index is 1020. The first-order valence-electron chi connectivity index (χ1n) is 9.21. The second-order valence-corrected chi connectivity index (χ2v) is 8.96. The van der Waals surface area contributed by atoms with Crippen LogP contribution in [0.15, 0.2) is 47.4 Å². The third-order valence-corrected chi connectivity index (χ3v) is 6.41. The number of nitrogens with zero attached hydrogens (tertiary/aromatic N) is 1. The fourth-order valence-electron chi connectivity index (χ4n) is 3.10. The summed E-state index contributed by atoms with van der Waals surface area (Å²) in [6.07, 6.45) is 1.51. The summed E-state index contributed by atoms with van der Waals surface area (Å²) < 4.78 is 28.1. The lowest BCUT2D eigenvalue weighted by molar-refractivity contribution is -0.128. The van der Waals surface area contributed by atoms with E-state index in [-0.39, 0.29) is 23.1 Å². The smallest absolute Gasteiger partial charge is 0.262 e. The van der Waals surface area contributed by atoms with E-state index in [9.17, 15) is 18.0 Å². The molecule has 1 saturated heterocycles. The summed E-state index contributed by atoms with van der Waals surface area (Å²) in [6.45, 7) is 2.72. The summed E-state index contributed by atoms with van der Waals surface area (Å²) in [5.41, 5.74) is 1.32. The quantitative estimate of drug-likeness (QED) is 0.696. The van der Waals surface area contributed by atoms with E-state index in [2.05, 4.69) is 10.0 Å². The molecule has 1 aliphatic rings. The first-order valence-corrected chi connectivity index (χ1v) is 11.1. The number of benzene rings is 2. The Morgan fingerprint density at radius 3 is 2.48 bits per heavy atom. The van der Waals surface area contributed by atoms with Gasteiger partial charge >= 0.3 is 0 Å². The van der Waals surface area contributed by atoms with Crippen molar-refractivity contribution in [1.29, 1.82) is 0 Å². The molecule has 3 rings (SSSR count). The SMILES string of the molecule is Cc1ccc(NC(=O)CCN2CCCC2=O)cc1S(=O)(=O)Nc1ccc(Cl)cc1. The van der Waals surface area contributed by atoms with Gasteiger partial charge in [-0.1, -0.05) is 17.7 Å². The molecule has 0 saturated carbocycles. The molecule has 2 N–H and O–H groups in total. The van der Waals surface area contributed by atoms with Gasteiger partial charge in [0.05, 0.1) is 4.90 Å². The van der Waals surface area contributed by atoms with Crippen LogP contribution in [0.1, 0.15) is 24.8 Å². The van der Waals surface area contributed by atoms with Crippen molar-refractivity contribution in [3.8, 4) is 0 Å². The van der Waals surface area contributed by atoms with E-state index in [0.29, 0.717) is 41.5 Å². The van der Waals surface area contributed by atoms with E-state index >= 15 is 0 Å². The van der Waals surface area contributed by atoms with E-state index in [1.54, 1.807) is 48.2 Å². The van der Waals surface area contributed by atoms with Crippen LogP contribution in [0, 0.1) is 6.92 Å². The molecule has 1 heterocycles. The van der Waals surface area contributed by atoms with Gasteiger partial charge in [0.2, 0.25) is 11.8 Å². The highest BCUT2D eigenvalue weighted by atomic mass is 35.5. The van der Waals surface area contributed by atoms with Crippen LogP contribution in [0.4, 0.5) is 11.4 Å². The van der Waals surface area contributed by atoms with Gasteiger partial charge in [-0.25, -0.2) is 8.42 Å². The Kier molecular flexibility index (Phi) is 6.44. The Morgan fingerprint density at radius 2 is 1.83 bits per heavy atom. The number of sulfonamides is 1. The zero-order chi connectivity index (χ0) is 21.0. The van der Waals surface area contributed by atoms with Crippen molar-refractivity contribution in [2.75, 3.05) is 23.1 Å². The summed E-state index contributed by atoms with van der Waals surface area (Å²) in [4.78, 5) is 25.6. The van der Waals surface area contributed by atoms with Gasteiger partial charge in [0.1, 0.15) is 0 Å². The number of likely N-dealkylation sites (tertiary alicyclic amines) is 1. The van der Waals surface area contributed by atoms with Crippen molar-refractivity contribution < 1.29 is 18.0 Å². The lowest BCUT2D eigenvalue weighted by atomic mass is 10.2. The minimum atomic E-state index is -3.85. The average molecular weight is 436 g/mol. The van der Waals surface area contributed by atoms with E-state index in [0.717, 1.165) is 6.42 Å². The normalized spacial score (nSPS) is 14.1. The van der Waals surface area contributed by atoms with Crippen LogP contribution in [0.25, 0.3) is 0 Å². The van der Waals surface area contributed by atoms with E-state index in [1.165, 1.54) is 6.07 Å². The molecule has 0 radical (unpaired) electrons. The number of anilines is 2. The van der Waals surface area contributed by atoms with Crippen LogP contribution >= 0.6 is 11.6 Å². The Balaban J connectivity index is 1.69. The van der Waals surface area contributed by atoms with Crippen molar-refractivity contribution in [2.45, 2.75) is 31.1 Å². The molecule has 2 amide bonds. The van der Waals surface area contributed by atoms with Crippen LogP contribution in [-0.4, -0.2) is 38.2 Å². The summed E-state index contributed by atoms with van der Waals surface area (Å²) in [5, 5.41) is 3.21. The molecular weight excluding hydrogens is 414 g/mol. The van der Waals surface area contributed by atoms with E-state index in [4.69, 9.17) is 11.6 Å². The fourth-order valence-corrected chi connectivity index (χ4v) is 4.55. The number of nitrogens with one attached hydrogen (secondary N) is 2. The first-order chi connectivity index (χ1) is 13.7. The average Bonchev–Trinajstić information content (AvgIpc) is 3.08. The van der Waals surface area contributed by atoms with Crippen LogP contribution < -0.4 is 10.0 Å². The molecule has 0 atom stereocenters. The molecule has 2 aromatic rings. The largest absolute Gasteiger partial charge is 0.342 e. The Morgan fingerprint density at radius 1 is 1.14 bits per heavy atom. The topological polar surface area (TPSA) is 95.6 Å². The number of hydrogen-bond acceptors (Lipinski definition) is 4. The molecule has 29 heavy (non-hydrogen) atoms. The van der Waals surface area contributed by atoms with Gasteiger partial charge in [-0.3, -0.25) is 14.3 Å². The number of rotatable bonds is 7. The summed E-state index contributed by atoms with van der Waals surface area (Å²) in [7, 11) is -3.85. The van der Waals surface area contributed by atoms with Crippen molar-refractivity contribution in [3.05, 3.63) is 53.1 Å². The maximum absolute atomic E-state index is 12.8. The zero-order valence-corrected chi connectivity index (χ0v) is 17.5. The van der Waals surface area contributed by atoms with Crippen molar-refractivity contribution in [3.63, 3.8) is 0 Å². The fraction of sp³-hybridized carbons (Fsp3) is 0.300. The lowest BCUT2D eigenvalue weighted by Gasteiger charge is -2.15. The number of halogens is 1. The molecule has 0 aromatic heterocycles. The Hall–Kier alpha value is -2.58. The molecule has 0 unspecified atom stereocenters. The number of hydrogen-bond donors (Lipinski definition) is 2. The first kappa shape index (κ1) is 21.1. The van der Waals surface area contributed by atoms with E-state index < -0.39 is 10.0 Å². The van der Waals surface area contributed by atoms with E-state index in [1.807, 2.05) is 0 Å². The van der Waals surface area contributed by atoms with Gasteiger partial charge < -0.3 is 10.2 Å². The van der Waals surface area contributed by atoms with Gasteiger partial charge in [0.25, 0.3) is 10.0 Å². The summed E-state index contributed by atoms with van der Waals surface area (Å²) >= 11 is 5.83. The molecule has 154 valence electrons. The predicted octanol–water partition coefficient (Wildman–Crippen LogP) is 3.40. The third kappa shape index (κ3) is 5.48. The standard InChI is InChI=1S/C20H22ClN3O4S/c1-14-4-7-17(22-19(25)10-12-24-11-2-3-20(24)26)13-18(14)29(27,28)23-16-8-5-15(21)6-9-16/h4-9,13,23H,2-3,10-12H2,1H3,(H,22,25). The number of carbonyl (C=O) groups is 2. The number of carbonyl (C=O) groups excluding carboxylic acids is 2. The van der Waals surface area contributed by atoms with Crippen molar-refractivity contribution in [2.24, 2.45) is 0 Å². The molecule has 0 aliphatic carbocycles. The molecule has 7 nitrogen and oxygen atoms in total. The number of aryl methyl sites for hydroxylation is 1. The van der Waals surface area contributed by atoms with Gasteiger partial charge in [-0.2, -0.15) is 0 Å². The van der Waals surface area contributed by atoms with Crippen molar-refractivity contribution in [1.82, 2.24) is 4.90 Å². The third-order valence-electron chi connectivity index (χ3n) is 4.64. The Labute approximate surface area is 175 Å². The molecule has 0 bridgehead atoms. The minimum Gasteiger partial charge on any atom is -0.342 e. The maximum Gasteiger partial charge on any atom is 0.262 e. The minimum absolute atomic E-state index is 0.0646.